The standard InChI is InChI=1S/C22H19.2ClH.Zr/c1-2-7-16-14-18-10-6-13-21(22(18)15-16)20-12-5-9-17-8-3-4-11-19(17)20;;;/h3-6,8-15H,2,7H2,1H3;2*1H;/q-1;;;+2/p-2. The van der Waals surface area contributed by atoms with Crippen LogP contribution in [0.1, 0.15) is 18.9 Å². The normalized spacial score (nSPS) is 10.5. The molecule has 0 spiro atoms. The van der Waals surface area contributed by atoms with Crippen LogP contribution in [-0.2, 0) is 27.3 Å². The van der Waals surface area contributed by atoms with Gasteiger partial charge in [0, 0.05) is 0 Å². The summed E-state index contributed by atoms with van der Waals surface area (Å²) in [6.07, 6.45) is 2.35. The van der Waals surface area contributed by atoms with Crippen LogP contribution in [0.2, 0.25) is 0 Å². The number of hydrogen-bond acceptors (Lipinski definition) is 0. The van der Waals surface area contributed by atoms with Crippen molar-refractivity contribution >= 4 is 38.6 Å². The molecule has 0 saturated heterocycles. The molecule has 0 atom stereocenters. The third kappa shape index (κ3) is 4.22. The Morgan fingerprint density at radius 1 is 0.840 bits per heavy atom. The second-order valence-corrected chi connectivity index (χ2v) is 9.75. The summed E-state index contributed by atoms with van der Waals surface area (Å²) < 4.78 is 0. The van der Waals surface area contributed by atoms with Crippen molar-refractivity contribution in [1.29, 1.82) is 0 Å². The molecule has 0 nitrogen and oxygen atoms in total. The Kier molecular flexibility index (Phi) is 6.82. The van der Waals surface area contributed by atoms with Crippen LogP contribution in [0, 0.1) is 0 Å². The minimum atomic E-state index is -0.826. The summed E-state index contributed by atoms with van der Waals surface area (Å²) in [6.45, 7) is 2.24. The van der Waals surface area contributed by atoms with Gasteiger partial charge in [-0.25, -0.2) is 0 Å². The molecule has 3 heteroatoms. The number of fused-ring (bicyclic) bond motifs is 2. The Bertz CT molecular complexity index is 967. The summed E-state index contributed by atoms with van der Waals surface area (Å²) in [5, 5.41) is 5.37. The maximum atomic E-state index is 4.93. The van der Waals surface area contributed by atoms with Crippen LogP contribution < -0.4 is 0 Å². The van der Waals surface area contributed by atoms with Crippen molar-refractivity contribution in [3.05, 3.63) is 78.4 Å². The van der Waals surface area contributed by atoms with E-state index in [9.17, 15) is 0 Å². The number of rotatable bonds is 3. The fourth-order valence-electron chi connectivity index (χ4n) is 3.42. The van der Waals surface area contributed by atoms with Gasteiger partial charge < -0.3 is 0 Å². The van der Waals surface area contributed by atoms with E-state index in [4.69, 9.17) is 17.0 Å². The van der Waals surface area contributed by atoms with E-state index in [-0.39, 0.29) is 0 Å². The Hall–Kier alpha value is -1.01. The molecule has 0 unspecified atom stereocenters. The number of aryl methyl sites for hydroxylation is 1. The zero-order chi connectivity index (χ0) is 17.6. The van der Waals surface area contributed by atoms with Gasteiger partial charge in [-0.15, -0.1) is 34.5 Å². The number of halogens is 2. The molecule has 25 heavy (non-hydrogen) atoms. The van der Waals surface area contributed by atoms with Crippen molar-refractivity contribution in [1.82, 2.24) is 0 Å². The van der Waals surface area contributed by atoms with E-state index < -0.39 is 20.8 Å². The second kappa shape index (κ2) is 9.08. The van der Waals surface area contributed by atoms with Crippen LogP contribution in [-0.4, -0.2) is 0 Å². The fourth-order valence-corrected chi connectivity index (χ4v) is 3.42. The first kappa shape index (κ1) is 18.8. The third-order valence-electron chi connectivity index (χ3n) is 4.43. The van der Waals surface area contributed by atoms with E-state index in [1.165, 1.54) is 44.7 Å². The average molecular weight is 446 g/mol. The van der Waals surface area contributed by atoms with Gasteiger partial charge in [-0.1, -0.05) is 67.4 Å². The molecule has 4 aromatic rings. The first-order valence-electron chi connectivity index (χ1n) is 8.41. The predicted molar refractivity (Wildman–Crippen MR) is 108 cm³/mol. The summed E-state index contributed by atoms with van der Waals surface area (Å²) in [5.41, 5.74) is 4.12. The minimum absolute atomic E-state index is 0.826. The quantitative estimate of drug-likeness (QED) is 0.283. The van der Waals surface area contributed by atoms with Gasteiger partial charge >= 0.3 is 37.9 Å². The van der Waals surface area contributed by atoms with Crippen LogP contribution in [0.4, 0.5) is 0 Å². The van der Waals surface area contributed by atoms with E-state index >= 15 is 0 Å². The van der Waals surface area contributed by atoms with Crippen LogP contribution in [0.5, 0.6) is 0 Å². The Morgan fingerprint density at radius 3 is 2.24 bits per heavy atom. The molecule has 4 rings (SSSR count). The molecule has 0 fully saturated rings. The van der Waals surface area contributed by atoms with Gasteiger partial charge in [-0.05, 0) is 22.8 Å². The molecule has 0 N–H and O–H groups in total. The first-order chi connectivity index (χ1) is 12.3. The molecule has 0 aliphatic carbocycles. The molecular formula is C22H19Cl2Zr-. The maximum absolute atomic E-state index is 4.93. The molecule has 0 aliphatic rings. The summed E-state index contributed by atoms with van der Waals surface area (Å²) in [7, 11) is 9.87. The molecule has 0 radical (unpaired) electrons. The third-order valence-corrected chi connectivity index (χ3v) is 4.43. The Morgan fingerprint density at radius 2 is 1.48 bits per heavy atom. The topological polar surface area (TPSA) is 0 Å². The number of hydrogen-bond donors (Lipinski definition) is 0. The van der Waals surface area contributed by atoms with E-state index in [1.807, 2.05) is 0 Å². The summed E-state index contributed by atoms with van der Waals surface area (Å²) in [4.78, 5) is 0. The molecule has 4 aromatic carbocycles. The van der Waals surface area contributed by atoms with Crippen molar-refractivity contribution in [3.8, 4) is 11.1 Å². The van der Waals surface area contributed by atoms with Gasteiger partial charge in [0.05, 0.1) is 0 Å². The average Bonchev–Trinajstić information content (AvgIpc) is 3.05. The zero-order valence-electron chi connectivity index (χ0n) is 14.1. The first-order valence-corrected chi connectivity index (χ1v) is 14.7. The van der Waals surface area contributed by atoms with E-state index in [2.05, 4.69) is 79.7 Å². The van der Waals surface area contributed by atoms with E-state index in [1.54, 1.807) is 0 Å². The predicted octanol–water partition coefficient (Wildman–Crippen LogP) is 7.71. The summed E-state index contributed by atoms with van der Waals surface area (Å²) in [6, 6.07) is 26.6. The monoisotopic (exact) mass is 443 g/mol. The van der Waals surface area contributed by atoms with E-state index in [0.717, 1.165) is 6.42 Å². The summed E-state index contributed by atoms with van der Waals surface area (Å²) >= 11 is -0.826. The molecule has 0 bridgehead atoms. The van der Waals surface area contributed by atoms with Crippen molar-refractivity contribution in [2.75, 3.05) is 0 Å². The van der Waals surface area contributed by atoms with Crippen molar-refractivity contribution in [2.24, 2.45) is 0 Å². The Balaban J connectivity index is 0.000000569. The van der Waals surface area contributed by atoms with Crippen LogP contribution in [0.3, 0.4) is 0 Å². The van der Waals surface area contributed by atoms with Gasteiger partial charge in [0.25, 0.3) is 0 Å². The molecular weight excluding hydrogens is 426 g/mol. The second-order valence-electron chi connectivity index (χ2n) is 6.02. The molecule has 0 aliphatic heterocycles. The van der Waals surface area contributed by atoms with Gasteiger partial charge in [0.1, 0.15) is 0 Å². The molecule has 126 valence electrons. The van der Waals surface area contributed by atoms with Gasteiger partial charge in [0.15, 0.2) is 0 Å². The molecule has 0 heterocycles. The van der Waals surface area contributed by atoms with Gasteiger partial charge in [-0.2, -0.15) is 6.07 Å². The van der Waals surface area contributed by atoms with Crippen LogP contribution >= 0.6 is 17.0 Å². The SMILES string of the molecule is CCCc1cc2c(-c3cccc4ccccc34)cccc2[cH-]1.[Cl][Zr][Cl]. The van der Waals surface area contributed by atoms with Gasteiger partial charge in [0.2, 0.25) is 0 Å². The Labute approximate surface area is 167 Å². The van der Waals surface area contributed by atoms with Crippen molar-refractivity contribution in [3.63, 3.8) is 0 Å². The van der Waals surface area contributed by atoms with Gasteiger partial charge in [-0.3, -0.25) is 0 Å². The van der Waals surface area contributed by atoms with Crippen LogP contribution in [0.25, 0.3) is 32.7 Å². The van der Waals surface area contributed by atoms with Crippen molar-refractivity contribution in [2.45, 2.75) is 19.8 Å². The van der Waals surface area contributed by atoms with E-state index in [0.29, 0.717) is 0 Å². The van der Waals surface area contributed by atoms with Crippen LogP contribution in [0.15, 0.2) is 72.8 Å². The zero-order valence-corrected chi connectivity index (χ0v) is 18.1. The molecule has 0 aromatic heterocycles. The number of benzene rings is 3. The summed E-state index contributed by atoms with van der Waals surface area (Å²) in [5.74, 6) is 0. The fraction of sp³-hybridized carbons (Fsp3) is 0.136. The van der Waals surface area contributed by atoms with Crippen molar-refractivity contribution < 1.29 is 20.8 Å². The molecule has 0 saturated carbocycles. The molecule has 0 amide bonds.